The van der Waals surface area contributed by atoms with E-state index in [1.54, 1.807) is 7.11 Å². The summed E-state index contributed by atoms with van der Waals surface area (Å²) in [5, 5.41) is 5.92. The van der Waals surface area contributed by atoms with E-state index in [4.69, 9.17) is 4.74 Å². The minimum atomic E-state index is 0.117. The van der Waals surface area contributed by atoms with Crippen molar-refractivity contribution in [1.82, 2.24) is 10.6 Å². The lowest BCUT2D eigenvalue weighted by Crippen LogP contribution is -2.29. The van der Waals surface area contributed by atoms with E-state index in [1.807, 2.05) is 6.92 Å². The van der Waals surface area contributed by atoms with Crippen LogP contribution in [0, 0.1) is 0 Å². The number of amides is 1. The molecule has 78 valence electrons. The third kappa shape index (κ3) is 9.30. The molecule has 2 N–H and O–H groups in total. The van der Waals surface area contributed by atoms with Crippen LogP contribution in [-0.2, 0) is 9.53 Å². The zero-order chi connectivity index (χ0) is 9.94. The Morgan fingerprint density at radius 1 is 1.31 bits per heavy atom. The number of nitrogens with one attached hydrogen (secondary N) is 2. The number of hydrogen-bond acceptors (Lipinski definition) is 3. The molecule has 0 saturated heterocycles. The zero-order valence-electron chi connectivity index (χ0n) is 8.56. The normalized spacial score (nSPS) is 10.0. The van der Waals surface area contributed by atoms with Gasteiger partial charge in [0.25, 0.3) is 0 Å². The van der Waals surface area contributed by atoms with Gasteiger partial charge < -0.3 is 15.4 Å². The van der Waals surface area contributed by atoms with Gasteiger partial charge >= 0.3 is 0 Å². The first-order chi connectivity index (χ1) is 6.31. The number of ether oxygens (including phenoxy) is 1. The van der Waals surface area contributed by atoms with Crippen molar-refractivity contribution >= 4 is 5.91 Å². The van der Waals surface area contributed by atoms with E-state index in [0.717, 1.165) is 26.1 Å². The predicted molar refractivity (Wildman–Crippen MR) is 52.7 cm³/mol. The summed E-state index contributed by atoms with van der Waals surface area (Å²) in [6.45, 7) is 5.03. The standard InChI is InChI=1S/C9H20N2O2/c1-3-5-11-9(12)4-6-10-7-8-13-2/h10H,3-8H2,1-2H3,(H,11,12). The Morgan fingerprint density at radius 3 is 2.69 bits per heavy atom. The first-order valence-corrected chi connectivity index (χ1v) is 4.77. The Balaban J connectivity index is 3.08. The predicted octanol–water partition coefficient (Wildman–Crippen LogP) is 0.139. The molecule has 0 saturated carbocycles. The summed E-state index contributed by atoms with van der Waals surface area (Å²) in [5.74, 6) is 0.117. The first-order valence-electron chi connectivity index (χ1n) is 4.77. The molecule has 0 fully saturated rings. The van der Waals surface area contributed by atoms with Gasteiger partial charge in [0.2, 0.25) is 5.91 Å². The third-order valence-corrected chi connectivity index (χ3v) is 1.58. The van der Waals surface area contributed by atoms with Gasteiger partial charge in [-0.3, -0.25) is 4.79 Å². The smallest absolute Gasteiger partial charge is 0.221 e. The molecule has 0 unspecified atom stereocenters. The summed E-state index contributed by atoms with van der Waals surface area (Å²) in [6, 6.07) is 0. The monoisotopic (exact) mass is 188 g/mol. The van der Waals surface area contributed by atoms with Crippen molar-refractivity contribution in [2.75, 3.05) is 33.4 Å². The van der Waals surface area contributed by atoms with E-state index in [2.05, 4.69) is 10.6 Å². The lowest BCUT2D eigenvalue weighted by atomic mass is 10.3. The van der Waals surface area contributed by atoms with E-state index in [9.17, 15) is 4.79 Å². The van der Waals surface area contributed by atoms with Crippen LogP contribution >= 0.6 is 0 Å². The average Bonchev–Trinajstić information content (AvgIpc) is 2.14. The second-order valence-corrected chi connectivity index (χ2v) is 2.84. The van der Waals surface area contributed by atoms with Crippen molar-refractivity contribution in [3.8, 4) is 0 Å². The van der Waals surface area contributed by atoms with Gasteiger partial charge in [0, 0.05) is 33.2 Å². The van der Waals surface area contributed by atoms with Gasteiger partial charge in [0.15, 0.2) is 0 Å². The molecule has 13 heavy (non-hydrogen) atoms. The van der Waals surface area contributed by atoms with Crippen molar-refractivity contribution in [2.24, 2.45) is 0 Å². The maximum Gasteiger partial charge on any atom is 0.221 e. The molecule has 0 aliphatic carbocycles. The Labute approximate surface area is 80.0 Å². The molecule has 4 nitrogen and oxygen atoms in total. The lowest BCUT2D eigenvalue weighted by molar-refractivity contribution is -0.120. The van der Waals surface area contributed by atoms with Gasteiger partial charge in [-0.1, -0.05) is 6.92 Å². The molecule has 0 aliphatic rings. The minimum absolute atomic E-state index is 0.117. The number of carbonyl (C=O) groups is 1. The van der Waals surface area contributed by atoms with Gasteiger partial charge in [-0.15, -0.1) is 0 Å². The molecule has 0 aromatic carbocycles. The molecule has 0 bridgehead atoms. The Kier molecular flexibility index (Phi) is 9.03. The number of methoxy groups -OCH3 is 1. The molecule has 0 aliphatic heterocycles. The fourth-order valence-electron chi connectivity index (χ4n) is 0.854. The van der Waals surface area contributed by atoms with Crippen LogP contribution in [-0.4, -0.2) is 39.3 Å². The molecule has 0 rings (SSSR count). The largest absolute Gasteiger partial charge is 0.383 e. The number of carbonyl (C=O) groups excluding carboxylic acids is 1. The van der Waals surface area contributed by atoms with Crippen molar-refractivity contribution in [1.29, 1.82) is 0 Å². The van der Waals surface area contributed by atoms with Crippen LogP contribution in [0.3, 0.4) is 0 Å². The Hall–Kier alpha value is -0.610. The third-order valence-electron chi connectivity index (χ3n) is 1.58. The molecule has 4 heteroatoms. The summed E-state index contributed by atoms with van der Waals surface area (Å²) >= 11 is 0. The SMILES string of the molecule is CCCNC(=O)CCNCCOC. The van der Waals surface area contributed by atoms with Crippen LogP contribution in [0.15, 0.2) is 0 Å². The van der Waals surface area contributed by atoms with E-state index < -0.39 is 0 Å². The minimum Gasteiger partial charge on any atom is -0.383 e. The lowest BCUT2D eigenvalue weighted by Gasteiger charge is -2.04. The number of hydrogen-bond donors (Lipinski definition) is 2. The van der Waals surface area contributed by atoms with E-state index >= 15 is 0 Å². The topological polar surface area (TPSA) is 50.4 Å². The van der Waals surface area contributed by atoms with Gasteiger partial charge in [0.1, 0.15) is 0 Å². The van der Waals surface area contributed by atoms with Crippen LogP contribution in [0.25, 0.3) is 0 Å². The molecular weight excluding hydrogens is 168 g/mol. The Morgan fingerprint density at radius 2 is 2.08 bits per heavy atom. The van der Waals surface area contributed by atoms with Crippen molar-refractivity contribution in [2.45, 2.75) is 19.8 Å². The zero-order valence-corrected chi connectivity index (χ0v) is 8.56. The molecule has 1 amide bonds. The summed E-state index contributed by atoms with van der Waals surface area (Å²) in [7, 11) is 1.66. The summed E-state index contributed by atoms with van der Waals surface area (Å²) in [4.78, 5) is 11.1. The molecule has 0 aromatic rings. The number of rotatable bonds is 8. The summed E-state index contributed by atoms with van der Waals surface area (Å²) in [6.07, 6.45) is 1.53. The molecular formula is C9H20N2O2. The van der Waals surface area contributed by atoms with Gasteiger partial charge in [-0.05, 0) is 6.42 Å². The average molecular weight is 188 g/mol. The molecule has 0 spiro atoms. The van der Waals surface area contributed by atoms with Crippen LogP contribution in [0.2, 0.25) is 0 Å². The summed E-state index contributed by atoms with van der Waals surface area (Å²) < 4.78 is 4.85. The van der Waals surface area contributed by atoms with Crippen LogP contribution in [0.1, 0.15) is 19.8 Å². The van der Waals surface area contributed by atoms with E-state index in [0.29, 0.717) is 13.0 Å². The van der Waals surface area contributed by atoms with Gasteiger partial charge in [-0.2, -0.15) is 0 Å². The van der Waals surface area contributed by atoms with Gasteiger partial charge in [-0.25, -0.2) is 0 Å². The molecule has 0 aromatic heterocycles. The van der Waals surface area contributed by atoms with E-state index in [-0.39, 0.29) is 5.91 Å². The fraction of sp³-hybridized carbons (Fsp3) is 0.889. The highest BCUT2D eigenvalue weighted by molar-refractivity contribution is 5.75. The van der Waals surface area contributed by atoms with Crippen LogP contribution in [0.5, 0.6) is 0 Å². The quantitative estimate of drug-likeness (QED) is 0.533. The first kappa shape index (κ1) is 12.4. The second kappa shape index (κ2) is 9.48. The highest BCUT2D eigenvalue weighted by Gasteiger charge is 1.97. The highest BCUT2D eigenvalue weighted by atomic mass is 16.5. The molecule has 0 atom stereocenters. The van der Waals surface area contributed by atoms with Crippen LogP contribution in [0.4, 0.5) is 0 Å². The fourth-order valence-corrected chi connectivity index (χ4v) is 0.854. The Bertz CT molecular complexity index is 129. The molecule has 0 heterocycles. The molecule has 0 radical (unpaired) electrons. The highest BCUT2D eigenvalue weighted by Crippen LogP contribution is 1.78. The maximum absolute atomic E-state index is 11.1. The summed E-state index contributed by atoms with van der Waals surface area (Å²) in [5.41, 5.74) is 0. The second-order valence-electron chi connectivity index (χ2n) is 2.84. The maximum atomic E-state index is 11.1. The van der Waals surface area contributed by atoms with Crippen molar-refractivity contribution in [3.63, 3.8) is 0 Å². The van der Waals surface area contributed by atoms with Crippen molar-refractivity contribution in [3.05, 3.63) is 0 Å². The van der Waals surface area contributed by atoms with Gasteiger partial charge in [0.05, 0.1) is 6.61 Å². The van der Waals surface area contributed by atoms with E-state index in [1.165, 1.54) is 0 Å². The van der Waals surface area contributed by atoms with Crippen LogP contribution < -0.4 is 10.6 Å². The van der Waals surface area contributed by atoms with Crippen molar-refractivity contribution < 1.29 is 9.53 Å².